The topological polar surface area (TPSA) is 62.3 Å². The number of anilines is 1. The van der Waals surface area contributed by atoms with Gasteiger partial charge in [-0.1, -0.05) is 48.5 Å². The molecule has 5 nitrogen and oxygen atoms in total. The van der Waals surface area contributed by atoms with Gasteiger partial charge in [-0.05, 0) is 29.3 Å². The molecule has 5 heteroatoms. The first-order chi connectivity index (χ1) is 13.2. The van der Waals surface area contributed by atoms with Crippen LogP contribution in [0.2, 0.25) is 0 Å². The third-order valence-corrected chi connectivity index (χ3v) is 4.93. The number of carbonyl (C=O) groups is 2. The molecule has 1 aliphatic rings. The molecule has 0 spiro atoms. The molecule has 0 saturated carbocycles. The molecule has 2 atom stereocenters. The normalized spacial score (nSPS) is 18.7. The number of carbonyl (C=O) groups excluding carboxylic acids is 2. The third-order valence-electron chi connectivity index (χ3n) is 4.93. The van der Waals surface area contributed by atoms with Crippen LogP contribution in [0.25, 0.3) is 0 Å². The summed E-state index contributed by atoms with van der Waals surface area (Å²) in [7, 11) is 1.75. The SMILES string of the molecule is CN1C(=O)c2ccccc2C(C(=O)Nc2cccnc2)C1c1ccccc1. The summed E-state index contributed by atoms with van der Waals surface area (Å²) in [5.74, 6) is -0.764. The summed E-state index contributed by atoms with van der Waals surface area (Å²) < 4.78 is 0. The maximum Gasteiger partial charge on any atom is 0.254 e. The van der Waals surface area contributed by atoms with E-state index in [9.17, 15) is 9.59 Å². The summed E-state index contributed by atoms with van der Waals surface area (Å²) in [6.45, 7) is 0. The summed E-state index contributed by atoms with van der Waals surface area (Å²) >= 11 is 0. The number of likely N-dealkylation sites (N-methyl/N-ethyl adjacent to an activating group) is 1. The Morgan fingerprint density at radius 2 is 1.74 bits per heavy atom. The Bertz CT molecular complexity index is 973. The Morgan fingerprint density at radius 1 is 1.00 bits per heavy atom. The fourth-order valence-corrected chi connectivity index (χ4v) is 3.68. The minimum Gasteiger partial charge on any atom is -0.334 e. The van der Waals surface area contributed by atoms with Gasteiger partial charge in [0.1, 0.15) is 0 Å². The molecular formula is C22H19N3O2. The average Bonchev–Trinajstić information content (AvgIpc) is 2.72. The summed E-state index contributed by atoms with van der Waals surface area (Å²) in [6.07, 6.45) is 3.27. The minimum atomic E-state index is -0.522. The molecule has 1 aromatic heterocycles. The van der Waals surface area contributed by atoms with Crippen LogP contribution in [0.1, 0.15) is 33.4 Å². The maximum absolute atomic E-state index is 13.3. The zero-order chi connectivity index (χ0) is 18.8. The summed E-state index contributed by atoms with van der Waals surface area (Å²) in [6, 6.07) is 20.2. The Morgan fingerprint density at radius 3 is 2.48 bits per heavy atom. The molecule has 0 aliphatic carbocycles. The molecule has 2 aromatic carbocycles. The fourth-order valence-electron chi connectivity index (χ4n) is 3.68. The number of nitrogens with one attached hydrogen (secondary N) is 1. The monoisotopic (exact) mass is 357 g/mol. The molecule has 2 heterocycles. The number of benzene rings is 2. The fraction of sp³-hybridized carbons (Fsp3) is 0.136. The number of hydrogen-bond acceptors (Lipinski definition) is 3. The highest BCUT2D eigenvalue weighted by atomic mass is 16.2. The zero-order valence-electron chi connectivity index (χ0n) is 14.9. The van der Waals surface area contributed by atoms with Crippen LogP contribution < -0.4 is 5.32 Å². The van der Waals surface area contributed by atoms with E-state index in [-0.39, 0.29) is 17.9 Å². The standard InChI is InChI=1S/C22H19N3O2/c1-25-20(15-8-3-2-4-9-15)19(17-11-5-6-12-18(17)22(25)27)21(26)24-16-10-7-13-23-14-16/h2-14,19-20H,1H3,(H,24,26). The first-order valence-corrected chi connectivity index (χ1v) is 8.79. The van der Waals surface area contributed by atoms with Crippen molar-refractivity contribution in [1.29, 1.82) is 0 Å². The Labute approximate surface area is 157 Å². The second kappa shape index (κ2) is 7.03. The first-order valence-electron chi connectivity index (χ1n) is 8.79. The predicted octanol–water partition coefficient (Wildman–Crippen LogP) is 3.63. The van der Waals surface area contributed by atoms with E-state index in [2.05, 4.69) is 10.3 Å². The van der Waals surface area contributed by atoms with Crippen molar-refractivity contribution in [1.82, 2.24) is 9.88 Å². The third kappa shape index (κ3) is 3.08. The molecule has 27 heavy (non-hydrogen) atoms. The van der Waals surface area contributed by atoms with Gasteiger partial charge < -0.3 is 10.2 Å². The zero-order valence-corrected chi connectivity index (χ0v) is 14.9. The van der Waals surface area contributed by atoms with Gasteiger partial charge in [-0.15, -0.1) is 0 Å². The number of nitrogens with zero attached hydrogens (tertiary/aromatic N) is 2. The number of fused-ring (bicyclic) bond motifs is 1. The van der Waals surface area contributed by atoms with Crippen molar-refractivity contribution in [3.63, 3.8) is 0 Å². The quantitative estimate of drug-likeness (QED) is 0.779. The van der Waals surface area contributed by atoms with E-state index in [1.807, 2.05) is 48.5 Å². The van der Waals surface area contributed by atoms with Crippen LogP contribution in [0, 0.1) is 0 Å². The van der Waals surface area contributed by atoms with Gasteiger partial charge in [0.2, 0.25) is 5.91 Å². The summed E-state index contributed by atoms with van der Waals surface area (Å²) in [4.78, 5) is 31.9. The van der Waals surface area contributed by atoms with Crippen LogP contribution in [0.5, 0.6) is 0 Å². The lowest BCUT2D eigenvalue weighted by Gasteiger charge is -2.39. The lowest BCUT2D eigenvalue weighted by molar-refractivity contribution is -0.119. The highest BCUT2D eigenvalue weighted by Crippen LogP contribution is 2.42. The number of hydrogen-bond donors (Lipinski definition) is 1. The lowest BCUT2D eigenvalue weighted by atomic mass is 9.79. The van der Waals surface area contributed by atoms with Gasteiger partial charge in [-0.3, -0.25) is 14.6 Å². The van der Waals surface area contributed by atoms with Gasteiger partial charge in [0.15, 0.2) is 0 Å². The molecule has 0 fully saturated rings. The highest BCUT2D eigenvalue weighted by molar-refractivity contribution is 6.04. The van der Waals surface area contributed by atoms with Crippen molar-refractivity contribution >= 4 is 17.5 Å². The van der Waals surface area contributed by atoms with Crippen molar-refractivity contribution in [2.24, 2.45) is 0 Å². The van der Waals surface area contributed by atoms with Crippen LogP contribution in [0.15, 0.2) is 79.1 Å². The highest BCUT2D eigenvalue weighted by Gasteiger charge is 2.42. The second-order valence-corrected chi connectivity index (χ2v) is 6.57. The molecule has 134 valence electrons. The number of amides is 2. The molecule has 0 bridgehead atoms. The van der Waals surface area contributed by atoms with Gasteiger partial charge in [-0.2, -0.15) is 0 Å². The van der Waals surface area contributed by atoms with Gasteiger partial charge in [0.25, 0.3) is 5.91 Å². The smallest absolute Gasteiger partial charge is 0.254 e. The Hall–Kier alpha value is -3.47. The first kappa shape index (κ1) is 17.0. The molecule has 1 aliphatic heterocycles. The van der Waals surface area contributed by atoms with E-state index >= 15 is 0 Å². The summed E-state index contributed by atoms with van der Waals surface area (Å²) in [5, 5.41) is 2.95. The molecular weight excluding hydrogens is 338 g/mol. The molecule has 0 radical (unpaired) electrons. The summed E-state index contributed by atoms with van der Waals surface area (Å²) in [5.41, 5.74) is 2.87. The molecule has 4 rings (SSSR count). The molecule has 1 N–H and O–H groups in total. The number of aromatic nitrogens is 1. The van der Waals surface area contributed by atoms with E-state index < -0.39 is 5.92 Å². The second-order valence-electron chi connectivity index (χ2n) is 6.57. The van der Waals surface area contributed by atoms with E-state index in [0.717, 1.165) is 11.1 Å². The predicted molar refractivity (Wildman–Crippen MR) is 103 cm³/mol. The number of pyridine rings is 1. The lowest BCUT2D eigenvalue weighted by Crippen LogP contribution is -2.44. The molecule has 2 unspecified atom stereocenters. The van der Waals surface area contributed by atoms with Crippen LogP contribution in [0.3, 0.4) is 0 Å². The molecule has 3 aromatic rings. The average molecular weight is 357 g/mol. The Kier molecular flexibility index (Phi) is 4.42. The van der Waals surface area contributed by atoms with E-state index in [0.29, 0.717) is 11.3 Å². The maximum atomic E-state index is 13.3. The van der Waals surface area contributed by atoms with E-state index in [1.165, 1.54) is 0 Å². The van der Waals surface area contributed by atoms with Crippen molar-refractivity contribution in [3.05, 3.63) is 95.8 Å². The van der Waals surface area contributed by atoms with Gasteiger partial charge in [-0.25, -0.2) is 0 Å². The van der Waals surface area contributed by atoms with Gasteiger partial charge in [0, 0.05) is 18.8 Å². The number of rotatable bonds is 3. The molecule has 2 amide bonds. The largest absolute Gasteiger partial charge is 0.334 e. The van der Waals surface area contributed by atoms with Crippen LogP contribution in [-0.2, 0) is 4.79 Å². The van der Waals surface area contributed by atoms with Gasteiger partial charge in [0.05, 0.1) is 23.8 Å². The van der Waals surface area contributed by atoms with Gasteiger partial charge >= 0.3 is 0 Å². The van der Waals surface area contributed by atoms with Crippen LogP contribution in [0.4, 0.5) is 5.69 Å². The minimum absolute atomic E-state index is 0.0788. The van der Waals surface area contributed by atoms with E-state index in [1.54, 1.807) is 42.5 Å². The van der Waals surface area contributed by atoms with Crippen molar-refractivity contribution in [3.8, 4) is 0 Å². The van der Waals surface area contributed by atoms with E-state index in [4.69, 9.17) is 0 Å². The van der Waals surface area contributed by atoms with Crippen molar-refractivity contribution < 1.29 is 9.59 Å². The molecule has 0 saturated heterocycles. The van der Waals surface area contributed by atoms with Crippen molar-refractivity contribution in [2.75, 3.05) is 12.4 Å². The van der Waals surface area contributed by atoms with Crippen LogP contribution >= 0.6 is 0 Å². The Balaban J connectivity index is 1.81. The van der Waals surface area contributed by atoms with Crippen molar-refractivity contribution in [2.45, 2.75) is 12.0 Å². The van der Waals surface area contributed by atoms with Crippen LogP contribution in [-0.4, -0.2) is 28.7 Å².